The largest absolute Gasteiger partial charge is 0.380 e. The van der Waals surface area contributed by atoms with Crippen molar-refractivity contribution in [3.63, 3.8) is 0 Å². The quantitative estimate of drug-likeness (QED) is 0.730. The first-order valence-corrected chi connectivity index (χ1v) is 6.00. The zero-order valence-corrected chi connectivity index (χ0v) is 9.63. The first-order valence-electron chi connectivity index (χ1n) is 5.12. The van der Waals surface area contributed by atoms with Gasteiger partial charge in [0.15, 0.2) is 5.78 Å². The molecule has 0 aromatic carbocycles. The van der Waals surface area contributed by atoms with Crippen molar-refractivity contribution in [2.75, 3.05) is 26.8 Å². The predicted octanol–water partition coefficient (Wildman–Crippen LogP) is 1.65. The van der Waals surface area contributed by atoms with Crippen molar-refractivity contribution >= 4 is 17.1 Å². The van der Waals surface area contributed by atoms with Crippen molar-refractivity contribution in [2.45, 2.75) is 12.5 Å². The minimum atomic E-state index is 0.208. The molecule has 82 valence electrons. The molecule has 0 bridgehead atoms. The smallest absolute Gasteiger partial charge is 0.186 e. The molecule has 1 aliphatic rings. The van der Waals surface area contributed by atoms with Gasteiger partial charge in [0.1, 0.15) is 0 Å². The Balaban J connectivity index is 1.88. The Morgan fingerprint density at radius 1 is 1.73 bits per heavy atom. The van der Waals surface area contributed by atoms with Crippen LogP contribution in [0.25, 0.3) is 0 Å². The van der Waals surface area contributed by atoms with Gasteiger partial charge in [-0.05, 0) is 24.9 Å². The van der Waals surface area contributed by atoms with Gasteiger partial charge in [0.2, 0.25) is 0 Å². The van der Waals surface area contributed by atoms with Crippen molar-refractivity contribution in [2.24, 2.45) is 0 Å². The molecular formula is C11H15NO2S. The number of ether oxygens (including phenoxy) is 1. The van der Waals surface area contributed by atoms with Crippen LogP contribution >= 0.6 is 11.3 Å². The number of hydrogen-bond donors (Lipinski definition) is 0. The summed E-state index contributed by atoms with van der Waals surface area (Å²) in [5.74, 6) is 0.208. The van der Waals surface area contributed by atoms with Gasteiger partial charge in [-0.1, -0.05) is 6.07 Å². The average Bonchev–Trinajstić information content (AvgIpc) is 2.91. The summed E-state index contributed by atoms with van der Waals surface area (Å²) in [7, 11) is 1.99. The van der Waals surface area contributed by atoms with Crippen LogP contribution in [0, 0.1) is 0 Å². The second kappa shape index (κ2) is 4.88. The molecule has 1 unspecified atom stereocenters. The molecule has 1 aliphatic heterocycles. The number of carbonyl (C=O) groups is 1. The van der Waals surface area contributed by atoms with Crippen LogP contribution in [0.5, 0.6) is 0 Å². The lowest BCUT2D eigenvalue weighted by Gasteiger charge is -2.21. The molecule has 4 heteroatoms. The summed E-state index contributed by atoms with van der Waals surface area (Å²) < 4.78 is 5.30. The van der Waals surface area contributed by atoms with Gasteiger partial charge in [-0.25, -0.2) is 0 Å². The Bertz CT molecular complexity index is 317. The molecule has 15 heavy (non-hydrogen) atoms. The van der Waals surface area contributed by atoms with Gasteiger partial charge in [-0.3, -0.25) is 9.69 Å². The number of hydrogen-bond acceptors (Lipinski definition) is 4. The molecule has 1 aromatic rings. The molecule has 2 rings (SSSR count). The second-order valence-corrected chi connectivity index (χ2v) is 4.78. The van der Waals surface area contributed by atoms with Gasteiger partial charge in [-0.2, -0.15) is 0 Å². The van der Waals surface area contributed by atoms with Crippen LogP contribution in [0.1, 0.15) is 16.1 Å². The topological polar surface area (TPSA) is 29.5 Å². The summed E-state index contributed by atoms with van der Waals surface area (Å²) in [6.45, 7) is 2.07. The van der Waals surface area contributed by atoms with Crippen LogP contribution in [0.2, 0.25) is 0 Å². The standard InChI is InChI=1S/C11H15NO2S/c1-12(9-4-5-14-8-9)7-10(13)11-3-2-6-15-11/h2-3,6,9H,4-5,7-8H2,1H3. The van der Waals surface area contributed by atoms with Crippen molar-refractivity contribution in [1.29, 1.82) is 0 Å². The first kappa shape index (κ1) is 10.8. The normalized spacial score (nSPS) is 21.1. The van der Waals surface area contributed by atoms with Crippen LogP contribution < -0.4 is 0 Å². The highest BCUT2D eigenvalue weighted by molar-refractivity contribution is 7.12. The minimum Gasteiger partial charge on any atom is -0.380 e. The summed E-state index contributed by atoms with van der Waals surface area (Å²) in [4.78, 5) is 14.7. The SMILES string of the molecule is CN(CC(=O)c1cccs1)C1CCOC1. The molecule has 0 saturated carbocycles. The highest BCUT2D eigenvalue weighted by Gasteiger charge is 2.22. The highest BCUT2D eigenvalue weighted by atomic mass is 32.1. The van der Waals surface area contributed by atoms with Crippen molar-refractivity contribution in [3.05, 3.63) is 22.4 Å². The maximum absolute atomic E-state index is 11.8. The van der Waals surface area contributed by atoms with E-state index in [1.54, 1.807) is 0 Å². The van der Waals surface area contributed by atoms with E-state index in [-0.39, 0.29) is 5.78 Å². The molecule has 0 amide bonds. The molecule has 1 aromatic heterocycles. The summed E-state index contributed by atoms with van der Waals surface area (Å²) in [6.07, 6.45) is 1.04. The van der Waals surface area contributed by atoms with E-state index < -0.39 is 0 Å². The maximum Gasteiger partial charge on any atom is 0.186 e. The second-order valence-electron chi connectivity index (χ2n) is 3.83. The molecule has 0 spiro atoms. The van der Waals surface area contributed by atoms with E-state index in [4.69, 9.17) is 4.74 Å². The summed E-state index contributed by atoms with van der Waals surface area (Å²) in [5.41, 5.74) is 0. The van der Waals surface area contributed by atoms with E-state index in [2.05, 4.69) is 4.90 Å². The Hall–Kier alpha value is -0.710. The molecule has 0 radical (unpaired) electrons. The molecule has 0 N–H and O–H groups in total. The Morgan fingerprint density at radius 2 is 2.60 bits per heavy atom. The van der Waals surface area contributed by atoms with Gasteiger partial charge < -0.3 is 4.74 Å². The Morgan fingerprint density at radius 3 is 3.20 bits per heavy atom. The monoisotopic (exact) mass is 225 g/mol. The number of carbonyl (C=O) groups excluding carboxylic acids is 1. The van der Waals surface area contributed by atoms with E-state index in [1.807, 2.05) is 24.6 Å². The van der Waals surface area contributed by atoms with Crippen molar-refractivity contribution < 1.29 is 9.53 Å². The van der Waals surface area contributed by atoms with E-state index in [0.717, 1.165) is 24.5 Å². The third-order valence-corrected chi connectivity index (χ3v) is 3.63. The number of likely N-dealkylation sites (N-methyl/N-ethyl adjacent to an activating group) is 1. The van der Waals surface area contributed by atoms with Crippen LogP contribution in [-0.2, 0) is 4.74 Å². The summed E-state index contributed by atoms with van der Waals surface area (Å²) >= 11 is 1.51. The van der Waals surface area contributed by atoms with E-state index in [9.17, 15) is 4.79 Å². The molecule has 1 atom stereocenters. The summed E-state index contributed by atoms with van der Waals surface area (Å²) in [6, 6.07) is 4.21. The van der Waals surface area contributed by atoms with Gasteiger partial charge in [0, 0.05) is 12.6 Å². The van der Waals surface area contributed by atoms with Crippen LogP contribution in [0.4, 0.5) is 0 Å². The number of Topliss-reactive ketones (excluding diaryl/α,β-unsaturated/α-hetero) is 1. The Labute approximate surface area is 93.7 Å². The minimum absolute atomic E-state index is 0.208. The predicted molar refractivity (Wildman–Crippen MR) is 60.5 cm³/mol. The molecular weight excluding hydrogens is 210 g/mol. The van der Waals surface area contributed by atoms with E-state index >= 15 is 0 Å². The number of rotatable bonds is 4. The van der Waals surface area contributed by atoms with E-state index in [0.29, 0.717) is 12.6 Å². The number of thiophene rings is 1. The van der Waals surface area contributed by atoms with E-state index in [1.165, 1.54) is 11.3 Å². The highest BCUT2D eigenvalue weighted by Crippen LogP contribution is 2.13. The molecule has 0 aliphatic carbocycles. The lowest BCUT2D eigenvalue weighted by atomic mass is 10.2. The fraction of sp³-hybridized carbons (Fsp3) is 0.545. The molecule has 1 fully saturated rings. The first-order chi connectivity index (χ1) is 7.27. The fourth-order valence-electron chi connectivity index (χ4n) is 1.74. The zero-order chi connectivity index (χ0) is 10.7. The van der Waals surface area contributed by atoms with Gasteiger partial charge in [0.05, 0.1) is 18.0 Å². The zero-order valence-electron chi connectivity index (χ0n) is 8.81. The molecule has 3 nitrogen and oxygen atoms in total. The Kier molecular flexibility index (Phi) is 3.51. The number of ketones is 1. The lowest BCUT2D eigenvalue weighted by Crippen LogP contribution is -2.35. The third kappa shape index (κ3) is 2.65. The van der Waals surface area contributed by atoms with Crippen LogP contribution in [-0.4, -0.2) is 43.5 Å². The van der Waals surface area contributed by atoms with Gasteiger partial charge in [-0.15, -0.1) is 11.3 Å². The van der Waals surface area contributed by atoms with Gasteiger partial charge >= 0.3 is 0 Å². The lowest BCUT2D eigenvalue weighted by molar-refractivity contribution is 0.0911. The number of nitrogens with zero attached hydrogens (tertiary/aromatic N) is 1. The maximum atomic E-state index is 11.8. The molecule has 1 saturated heterocycles. The molecule has 2 heterocycles. The van der Waals surface area contributed by atoms with Crippen molar-refractivity contribution in [3.8, 4) is 0 Å². The van der Waals surface area contributed by atoms with Crippen LogP contribution in [0.15, 0.2) is 17.5 Å². The van der Waals surface area contributed by atoms with Crippen LogP contribution in [0.3, 0.4) is 0 Å². The average molecular weight is 225 g/mol. The van der Waals surface area contributed by atoms with Crippen molar-refractivity contribution in [1.82, 2.24) is 4.90 Å². The third-order valence-electron chi connectivity index (χ3n) is 2.72. The summed E-state index contributed by atoms with van der Waals surface area (Å²) in [5, 5.41) is 1.94. The van der Waals surface area contributed by atoms with Gasteiger partial charge in [0.25, 0.3) is 0 Å². The fourth-order valence-corrected chi connectivity index (χ4v) is 2.40.